The molecule has 8 nitrogen and oxygen atoms in total. The highest BCUT2D eigenvalue weighted by molar-refractivity contribution is 6.31. The molecule has 12 heteroatoms. The summed E-state index contributed by atoms with van der Waals surface area (Å²) in [6.45, 7) is 8.71. The third kappa shape index (κ3) is 6.55. The zero-order chi connectivity index (χ0) is 25.3. The molecule has 0 radical (unpaired) electrons. The third-order valence-electron chi connectivity index (χ3n) is 4.99. The smallest absolute Gasteiger partial charge is 0.444 e. The van der Waals surface area contributed by atoms with E-state index in [-0.39, 0.29) is 11.9 Å². The lowest BCUT2D eigenvalue weighted by molar-refractivity contribution is -0.174. The van der Waals surface area contributed by atoms with Gasteiger partial charge in [-0.25, -0.2) is 9.78 Å². The third-order valence-corrected chi connectivity index (χ3v) is 5.23. The molecule has 2 N–H and O–H groups in total. The zero-order valence-corrected chi connectivity index (χ0v) is 20.0. The summed E-state index contributed by atoms with van der Waals surface area (Å²) in [6.07, 6.45) is -6.40. The van der Waals surface area contributed by atoms with Gasteiger partial charge in [-0.15, -0.1) is 0 Å². The number of fused-ring (bicyclic) bond motifs is 1. The molecule has 2 aromatic rings. The van der Waals surface area contributed by atoms with Crippen LogP contribution in [0.4, 0.5) is 29.5 Å². The van der Waals surface area contributed by atoms with Crippen molar-refractivity contribution in [2.45, 2.75) is 45.6 Å². The van der Waals surface area contributed by atoms with Gasteiger partial charge in [0.05, 0.1) is 11.7 Å². The number of nitrogens with one attached hydrogen (secondary N) is 2. The number of aromatic nitrogens is 1. The van der Waals surface area contributed by atoms with Crippen LogP contribution in [0.15, 0.2) is 24.3 Å². The lowest BCUT2D eigenvalue weighted by atomic mass is 10.1. The average Bonchev–Trinajstić information content (AvgIpc) is 2.71. The number of carbonyl (C=O) groups excluding carboxylic acids is 2. The highest BCUT2D eigenvalue weighted by Gasteiger charge is 2.39. The summed E-state index contributed by atoms with van der Waals surface area (Å²) >= 11 is 6.13. The van der Waals surface area contributed by atoms with Crippen LogP contribution in [0.25, 0.3) is 10.9 Å². The number of benzene rings is 1. The fourth-order valence-corrected chi connectivity index (χ4v) is 3.68. The first-order valence-electron chi connectivity index (χ1n) is 10.7. The summed E-state index contributed by atoms with van der Waals surface area (Å²) in [6, 6.07) is 6.90. The molecular formula is C22H27ClF3N5O3. The largest absolute Gasteiger partial charge is 0.471 e. The Morgan fingerprint density at radius 1 is 1.12 bits per heavy atom. The second-order valence-corrected chi connectivity index (χ2v) is 9.42. The normalized spacial score (nSPS) is 15.8. The van der Waals surface area contributed by atoms with E-state index in [9.17, 15) is 22.8 Å². The number of halogens is 4. The van der Waals surface area contributed by atoms with Crippen LogP contribution in [0, 0.1) is 0 Å². The average molecular weight is 502 g/mol. The van der Waals surface area contributed by atoms with Gasteiger partial charge in [0.25, 0.3) is 0 Å². The number of amides is 2. The van der Waals surface area contributed by atoms with Crippen molar-refractivity contribution >= 4 is 46.0 Å². The van der Waals surface area contributed by atoms with E-state index in [0.717, 1.165) is 11.1 Å². The maximum Gasteiger partial charge on any atom is 0.471 e. The van der Waals surface area contributed by atoms with Gasteiger partial charge >= 0.3 is 18.2 Å². The maximum absolute atomic E-state index is 12.6. The van der Waals surface area contributed by atoms with Crippen LogP contribution in [0.2, 0.25) is 5.02 Å². The Kier molecular flexibility index (Phi) is 7.35. The number of nitrogens with zero attached hydrogens (tertiary/aromatic N) is 3. The van der Waals surface area contributed by atoms with E-state index in [0.29, 0.717) is 36.7 Å². The van der Waals surface area contributed by atoms with Crippen LogP contribution in [0.5, 0.6) is 0 Å². The quantitative estimate of drug-likeness (QED) is 0.605. The Morgan fingerprint density at radius 2 is 1.76 bits per heavy atom. The minimum atomic E-state index is -4.99. The fraction of sp³-hybridized carbons (Fsp3) is 0.500. The van der Waals surface area contributed by atoms with Gasteiger partial charge in [0.15, 0.2) is 0 Å². The molecule has 1 aromatic heterocycles. The number of rotatable bonds is 4. The number of piperazine rings is 1. The van der Waals surface area contributed by atoms with Gasteiger partial charge < -0.3 is 25.2 Å². The van der Waals surface area contributed by atoms with E-state index in [4.69, 9.17) is 16.3 Å². The van der Waals surface area contributed by atoms with Gasteiger partial charge in [0.1, 0.15) is 11.4 Å². The maximum atomic E-state index is 12.6. The monoisotopic (exact) mass is 501 g/mol. The molecule has 186 valence electrons. The van der Waals surface area contributed by atoms with Crippen molar-refractivity contribution in [2.24, 2.45) is 0 Å². The molecule has 0 aliphatic carbocycles. The van der Waals surface area contributed by atoms with Gasteiger partial charge in [-0.1, -0.05) is 11.6 Å². The van der Waals surface area contributed by atoms with Crippen LogP contribution >= 0.6 is 11.6 Å². The summed E-state index contributed by atoms with van der Waals surface area (Å²) in [5.41, 5.74) is 0.729. The molecule has 0 spiro atoms. The Balaban J connectivity index is 1.81. The van der Waals surface area contributed by atoms with E-state index in [1.165, 1.54) is 6.92 Å². The number of anilines is 2. The molecule has 1 atom stereocenters. The Bertz CT molecular complexity index is 1070. The lowest BCUT2D eigenvalue weighted by Crippen LogP contribution is -2.50. The molecule has 1 fully saturated rings. The number of carbonyl (C=O) groups is 2. The van der Waals surface area contributed by atoms with Crippen LogP contribution in [-0.4, -0.2) is 66.0 Å². The second-order valence-electron chi connectivity index (χ2n) is 8.98. The van der Waals surface area contributed by atoms with Crippen LogP contribution in [0.3, 0.4) is 0 Å². The van der Waals surface area contributed by atoms with Crippen molar-refractivity contribution in [3.63, 3.8) is 0 Å². The number of hydrogen-bond acceptors (Lipinski definition) is 6. The number of ether oxygens (including phenoxy) is 1. The van der Waals surface area contributed by atoms with E-state index >= 15 is 0 Å². The molecule has 3 rings (SSSR count). The van der Waals surface area contributed by atoms with Crippen LogP contribution in [0.1, 0.15) is 27.7 Å². The second kappa shape index (κ2) is 9.73. The Hall–Kier alpha value is -2.95. The van der Waals surface area contributed by atoms with Crippen molar-refractivity contribution in [1.82, 2.24) is 15.2 Å². The highest BCUT2D eigenvalue weighted by Crippen LogP contribution is 2.31. The summed E-state index contributed by atoms with van der Waals surface area (Å²) in [5.74, 6) is -1.77. The van der Waals surface area contributed by atoms with Gasteiger partial charge in [0, 0.05) is 48.3 Å². The molecule has 0 saturated carbocycles. The van der Waals surface area contributed by atoms with Crippen molar-refractivity contribution in [3.8, 4) is 0 Å². The standard InChI is InChI=1S/C22H27ClF3N5O3/c1-13(28-19(32)22(24,25)26)27-18-12-17(15-6-5-14(23)11-16(15)29-18)30-7-9-31(10-8-30)20(33)34-21(2,3)4/h5-6,11-13H,7-10H2,1-4H3,(H,27,29)(H,28,32). The molecule has 0 bridgehead atoms. The van der Waals surface area contributed by atoms with E-state index in [1.807, 2.05) is 32.2 Å². The molecule has 1 aliphatic rings. The van der Waals surface area contributed by atoms with Gasteiger partial charge in [0.2, 0.25) is 0 Å². The van der Waals surface area contributed by atoms with Crippen LogP contribution < -0.4 is 15.5 Å². The summed E-state index contributed by atoms with van der Waals surface area (Å²) in [7, 11) is 0. The van der Waals surface area contributed by atoms with Crippen molar-refractivity contribution in [3.05, 3.63) is 29.3 Å². The predicted molar refractivity (Wildman–Crippen MR) is 124 cm³/mol. The summed E-state index contributed by atoms with van der Waals surface area (Å²) < 4.78 is 43.2. The molecule has 1 aromatic carbocycles. The summed E-state index contributed by atoms with van der Waals surface area (Å²) in [4.78, 5) is 31.8. The zero-order valence-electron chi connectivity index (χ0n) is 19.3. The molecule has 2 heterocycles. The summed E-state index contributed by atoms with van der Waals surface area (Å²) in [5, 5.41) is 5.90. The SMILES string of the molecule is CC(NC(=O)C(F)(F)F)Nc1cc(N2CCN(C(=O)OC(C)(C)C)CC2)c2ccc(Cl)cc2n1. The van der Waals surface area contributed by atoms with Gasteiger partial charge in [-0.05, 0) is 45.9 Å². The van der Waals surface area contributed by atoms with Crippen molar-refractivity contribution < 1.29 is 27.5 Å². The Morgan fingerprint density at radius 3 is 2.35 bits per heavy atom. The van der Waals surface area contributed by atoms with E-state index in [2.05, 4.69) is 15.2 Å². The van der Waals surface area contributed by atoms with E-state index in [1.54, 1.807) is 23.1 Å². The fourth-order valence-electron chi connectivity index (χ4n) is 3.51. The topological polar surface area (TPSA) is 86.8 Å². The first-order valence-corrected chi connectivity index (χ1v) is 11.1. The van der Waals surface area contributed by atoms with Gasteiger partial charge in [-0.2, -0.15) is 13.2 Å². The lowest BCUT2D eigenvalue weighted by Gasteiger charge is -2.37. The molecule has 1 saturated heterocycles. The van der Waals surface area contributed by atoms with Crippen LogP contribution in [-0.2, 0) is 9.53 Å². The Labute approximate surface area is 200 Å². The molecule has 2 amide bonds. The van der Waals surface area contributed by atoms with Crippen molar-refractivity contribution in [2.75, 3.05) is 36.4 Å². The number of alkyl halides is 3. The minimum Gasteiger partial charge on any atom is -0.444 e. The van der Waals surface area contributed by atoms with Gasteiger partial charge in [-0.3, -0.25) is 4.79 Å². The predicted octanol–water partition coefficient (Wildman–Crippen LogP) is 4.38. The number of pyridine rings is 1. The highest BCUT2D eigenvalue weighted by atomic mass is 35.5. The first-order chi connectivity index (χ1) is 15.7. The minimum absolute atomic E-state index is 0.273. The van der Waals surface area contributed by atoms with Crippen molar-refractivity contribution in [1.29, 1.82) is 0 Å². The molecule has 34 heavy (non-hydrogen) atoms. The molecular weight excluding hydrogens is 475 g/mol. The molecule has 1 aliphatic heterocycles. The number of hydrogen-bond donors (Lipinski definition) is 2. The molecule has 1 unspecified atom stereocenters. The first kappa shape index (κ1) is 25.7. The van der Waals surface area contributed by atoms with E-state index < -0.39 is 23.9 Å².